The summed E-state index contributed by atoms with van der Waals surface area (Å²) in [7, 11) is 0. The molecule has 0 unspecified atom stereocenters. The van der Waals surface area contributed by atoms with Crippen molar-refractivity contribution < 1.29 is 14.3 Å². The average Bonchev–Trinajstić information content (AvgIpc) is 2.97. The van der Waals surface area contributed by atoms with E-state index in [0.717, 1.165) is 10.8 Å². The van der Waals surface area contributed by atoms with Crippen LogP contribution in [0.4, 0.5) is 0 Å². The van der Waals surface area contributed by atoms with Gasteiger partial charge in [0, 0.05) is 5.56 Å². The summed E-state index contributed by atoms with van der Waals surface area (Å²) in [5, 5.41) is 14.0. The number of hydrogen-bond donors (Lipinski definition) is 2. The number of carbonyl (C=O) groups is 1. The summed E-state index contributed by atoms with van der Waals surface area (Å²) >= 11 is 0. The van der Waals surface area contributed by atoms with Gasteiger partial charge in [0.05, 0.1) is 12.8 Å². The first-order chi connectivity index (χ1) is 9.72. The fourth-order valence-electron chi connectivity index (χ4n) is 2.06. The molecule has 2 aromatic carbocycles. The van der Waals surface area contributed by atoms with Crippen molar-refractivity contribution in [2.45, 2.75) is 6.54 Å². The Labute approximate surface area is 115 Å². The second-order valence-corrected chi connectivity index (χ2v) is 4.51. The number of fused-ring (bicyclic) bond motifs is 1. The third kappa shape index (κ3) is 2.49. The number of phenols is 1. The Morgan fingerprint density at radius 2 is 1.90 bits per heavy atom. The third-order valence-corrected chi connectivity index (χ3v) is 3.09. The molecule has 1 heterocycles. The van der Waals surface area contributed by atoms with Crippen LogP contribution in [-0.2, 0) is 6.54 Å². The van der Waals surface area contributed by atoms with Gasteiger partial charge >= 0.3 is 0 Å². The van der Waals surface area contributed by atoms with Crippen LogP contribution >= 0.6 is 0 Å². The second-order valence-electron chi connectivity index (χ2n) is 4.51. The van der Waals surface area contributed by atoms with Crippen molar-refractivity contribution in [3.63, 3.8) is 0 Å². The lowest BCUT2D eigenvalue weighted by atomic mass is 10.1. The number of benzene rings is 2. The minimum Gasteiger partial charge on any atom is -0.508 e. The molecule has 0 aliphatic carbocycles. The first-order valence-electron chi connectivity index (χ1n) is 6.26. The molecular formula is C16H13NO3. The van der Waals surface area contributed by atoms with Gasteiger partial charge in [0.2, 0.25) is 0 Å². The number of hydrogen-bond acceptors (Lipinski definition) is 3. The summed E-state index contributed by atoms with van der Waals surface area (Å²) in [5.74, 6) is 0.771. The zero-order valence-electron chi connectivity index (χ0n) is 10.7. The van der Waals surface area contributed by atoms with E-state index in [1.165, 1.54) is 0 Å². The van der Waals surface area contributed by atoms with Crippen molar-refractivity contribution >= 4 is 16.7 Å². The summed E-state index contributed by atoms with van der Waals surface area (Å²) in [5.41, 5.74) is 0.578. The van der Waals surface area contributed by atoms with Crippen LogP contribution in [0.15, 0.2) is 59.2 Å². The first-order valence-corrected chi connectivity index (χ1v) is 6.26. The number of carbonyl (C=O) groups excluding carboxylic acids is 1. The van der Waals surface area contributed by atoms with Crippen LogP contribution in [0.1, 0.15) is 16.1 Å². The average molecular weight is 267 g/mol. The van der Waals surface area contributed by atoms with Gasteiger partial charge in [0.1, 0.15) is 11.5 Å². The molecule has 0 bridgehead atoms. The van der Waals surface area contributed by atoms with Gasteiger partial charge in [-0.2, -0.15) is 0 Å². The molecule has 0 radical (unpaired) electrons. The standard InChI is InChI=1S/C16H13NO3/c18-14-6-5-11-8-13(4-3-12(11)9-14)16(19)17-10-15-2-1-7-20-15/h1-9,18H,10H2,(H,17,19). The quantitative estimate of drug-likeness (QED) is 0.766. The molecule has 0 saturated carbocycles. The molecule has 4 heteroatoms. The topological polar surface area (TPSA) is 62.5 Å². The van der Waals surface area contributed by atoms with E-state index in [1.54, 1.807) is 42.7 Å². The Balaban J connectivity index is 1.79. The molecule has 0 aliphatic heterocycles. The maximum absolute atomic E-state index is 12.0. The third-order valence-electron chi connectivity index (χ3n) is 3.09. The Morgan fingerprint density at radius 3 is 2.70 bits per heavy atom. The van der Waals surface area contributed by atoms with Crippen LogP contribution in [0, 0.1) is 0 Å². The van der Waals surface area contributed by atoms with E-state index in [2.05, 4.69) is 5.32 Å². The molecule has 1 amide bonds. The van der Waals surface area contributed by atoms with E-state index >= 15 is 0 Å². The van der Waals surface area contributed by atoms with Gasteiger partial charge in [0.15, 0.2) is 0 Å². The highest BCUT2D eigenvalue weighted by atomic mass is 16.3. The van der Waals surface area contributed by atoms with Crippen molar-refractivity contribution in [2.75, 3.05) is 0 Å². The van der Waals surface area contributed by atoms with Crippen molar-refractivity contribution in [1.82, 2.24) is 5.32 Å². The molecule has 2 N–H and O–H groups in total. The number of furan rings is 1. The Morgan fingerprint density at radius 1 is 1.10 bits per heavy atom. The molecule has 3 rings (SSSR count). The van der Waals surface area contributed by atoms with Gasteiger partial charge in [-0.25, -0.2) is 0 Å². The van der Waals surface area contributed by atoms with Crippen LogP contribution in [0.2, 0.25) is 0 Å². The number of nitrogens with one attached hydrogen (secondary N) is 1. The Hall–Kier alpha value is -2.75. The first kappa shape index (κ1) is 12.3. The Kier molecular flexibility index (Phi) is 3.13. The highest BCUT2D eigenvalue weighted by Gasteiger charge is 2.07. The second kappa shape index (κ2) is 5.09. The molecular weight excluding hydrogens is 254 g/mol. The lowest BCUT2D eigenvalue weighted by molar-refractivity contribution is 0.0948. The monoisotopic (exact) mass is 267 g/mol. The molecule has 0 aliphatic rings. The summed E-state index contributed by atoms with van der Waals surface area (Å²) in [6.07, 6.45) is 1.57. The van der Waals surface area contributed by atoms with Crippen molar-refractivity contribution in [3.8, 4) is 5.75 Å². The van der Waals surface area contributed by atoms with E-state index in [1.807, 2.05) is 12.1 Å². The predicted molar refractivity (Wildman–Crippen MR) is 75.5 cm³/mol. The van der Waals surface area contributed by atoms with E-state index in [-0.39, 0.29) is 11.7 Å². The van der Waals surface area contributed by atoms with Crippen LogP contribution in [0.25, 0.3) is 10.8 Å². The molecule has 3 aromatic rings. The SMILES string of the molecule is O=C(NCc1ccco1)c1ccc2cc(O)ccc2c1. The van der Waals surface area contributed by atoms with Gasteiger partial charge in [-0.1, -0.05) is 12.1 Å². The molecule has 100 valence electrons. The number of aromatic hydroxyl groups is 1. The van der Waals surface area contributed by atoms with Crippen molar-refractivity contribution in [2.24, 2.45) is 0 Å². The van der Waals surface area contributed by atoms with Crippen LogP contribution in [-0.4, -0.2) is 11.0 Å². The maximum Gasteiger partial charge on any atom is 0.251 e. The summed E-state index contributed by atoms with van der Waals surface area (Å²) in [4.78, 5) is 12.0. The lowest BCUT2D eigenvalue weighted by Crippen LogP contribution is -2.22. The minimum atomic E-state index is -0.156. The van der Waals surface area contributed by atoms with E-state index < -0.39 is 0 Å². The molecule has 0 atom stereocenters. The fraction of sp³-hybridized carbons (Fsp3) is 0.0625. The van der Waals surface area contributed by atoms with Gasteiger partial charge in [-0.05, 0) is 47.2 Å². The summed E-state index contributed by atoms with van der Waals surface area (Å²) in [6, 6.07) is 14.0. The number of phenolic OH excluding ortho intramolecular Hbond substituents is 1. The molecule has 0 fully saturated rings. The highest BCUT2D eigenvalue weighted by molar-refractivity contribution is 5.98. The predicted octanol–water partition coefficient (Wildman–Crippen LogP) is 3.07. The molecule has 4 nitrogen and oxygen atoms in total. The molecule has 0 saturated heterocycles. The van der Waals surface area contributed by atoms with Gasteiger partial charge < -0.3 is 14.8 Å². The maximum atomic E-state index is 12.0. The zero-order valence-corrected chi connectivity index (χ0v) is 10.7. The fourth-order valence-corrected chi connectivity index (χ4v) is 2.06. The number of rotatable bonds is 3. The van der Waals surface area contributed by atoms with Crippen LogP contribution < -0.4 is 5.32 Å². The Bertz CT molecular complexity index is 748. The van der Waals surface area contributed by atoms with E-state index in [0.29, 0.717) is 17.9 Å². The highest BCUT2D eigenvalue weighted by Crippen LogP contribution is 2.21. The summed E-state index contributed by atoms with van der Waals surface area (Å²) < 4.78 is 5.16. The lowest BCUT2D eigenvalue weighted by Gasteiger charge is -2.05. The van der Waals surface area contributed by atoms with Crippen LogP contribution in [0.3, 0.4) is 0 Å². The van der Waals surface area contributed by atoms with Gasteiger partial charge in [-0.3, -0.25) is 4.79 Å². The number of amides is 1. The summed E-state index contributed by atoms with van der Waals surface area (Å²) in [6.45, 7) is 0.361. The molecule has 20 heavy (non-hydrogen) atoms. The van der Waals surface area contributed by atoms with Crippen molar-refractivity contribution in [3.05, 3.63) is 66.1 Å². The van der Waals surface area contributed by atoms with E-state index in [9.17, 15) is 9.90 Å². The van der Waals surface area contributed by atoms with Crippen LogP contribution in [0.5, 0.6) is 5.75 Å². The smallest absolute Gasteiger partial charge is 0.251 e. The largest absolute Gasteiger partial charge is 0.508 e. The zero-order chi connectivity index (χ0) is 13.9. The molecule has 0 spiro atoms. The normalized spacial score (nSPS) is 10.6. The van der Waals surface area contributed by atoms with E-state index in [4.69, 9.17) is 4.42 Å². The van der Waals surface area contributed by atoms with Gasteiger partial charge in [0.25, 0.3) is 5.91 Å². The van der Waals surface area contributed by atoms with Gasteiger partial charge in [-0.15, -0.1) is 0 Å². The van der Waals surface area contributed by atoms with Crippen molar-refractivity contribution in [1.29, 1.82) is 0 Å². The molecule has 1 aromatic heterocycles. The minimum absolute atomic E-state index is 0.156.